The normalized spacial score (nSPS) is 16.5. The number of halogens is 1. The van der Waals surface area contributed by atoms with Crippen LogP contribution in [0.2, 0.25) is 5.02 Å². The maximum Gasteiger partial charge on any atom is 0.231 e. The summed E-state index contributed by atoms with van der Waals surface area (Å²) in [7, 11) is 1.51. The maximum absolute atomic E-state index is 12.6. The third kappa shape index (κ3) is 3.96. The molecule has 0 unspecified atom stereocenters. The van der Waals surface area contributed by atoms with Crippen LogP contribution in [0.3, 0.4) is 0 Å². The summed E-state index contributed by atoms with van der Waals surface area (Å²) in [5.41, 5.74) is 1.12. The first kappa shape index (κ1) is 19.3. The third-order valence-corrected chi connectivity index (χ3v) is 5.68. The highest BCUT2D eigenvalue weighted by Gasteiger charge is 2.36. The van der Waals surface area contributed by atoms with Gasteiger partial charge >= 0.3 is 0 Å². The number of ketones is 1. The second-order valence-electron chi connectivity index (χ2n) is 6.20. The summed E-state index contributed by atoms with van der Waals surface area (Å²) in [6.07, 6.45) is 0.0748. The van der Waals surface area contributed by atoms with Gasteiger partial charge in [-0.05, 0) is 25.1 Å². The summed E-state index contributed by atoms with van der Waals surface area (Å²) in [5.74, 6) is -0.617. The Morgan fingerprint density at radius 2 is 2.15 bits per heavy atom. The van der Waals surface area contributed by atoms with Crippen LogP contribution in [0.5, 0.6) is 5.75 Å². The van der Waals surface area contributed by atoms with Gasteiger partial charge in [0.05, 0.1) is 29.3 Å². The fraction of sp³-hybridized carbons (Fsp3) is 0.333. The summed E-state index contributed by atoms with van der Waals surface area (Å²) in [6, 6.07) is 4.99. The van der Waals surface area contributed by atoms with Gasteiger partial charge in [-0.25, -0.2) is 4.98 Å². The van der Waals surface area contributed by atoms with Crippen LogP contribution < -0.4 is 15.0 Å². The zero-order valence-corrected chi connectivity index (χ0v) is 16.6. The van der Waals surface area contributed by atoms with Gasteiger partial charge in [0, 0.05) is 24.9 Å². The molecule has 142 valence electrons. The molecule has 0 spiro atoms. The molecule has 27 heavy (non-hydrogen) atoms. The van der Waals surface area contributed by atoms with Crippen LogP contribution in [0.15, 0.2) is 18.2 Å². The molecular formula is C18H18ClN3O4S. The minimum atomic E-state index is -0.536. The van der Waals surface area contributed by atoms with Gasteiger partial charge in [-0.2, -0.15) is 0 Å². The molecule has 2 amide bonds. The predicted octanol–water partition coefficient (Wildman–Crippen LogP) is 3.31. The molecule has 1 saturated heterocycles. The number of Topliss-reactive ketones (excluding diaryl/α,β-unsaturated/α-hetero) is 1. The van der Waals surface area contributed by atoms with Gasteiger partial charge < -0.3 is 15.0 Å². The van der Waals surface area contributed by atoms with E-state index in [4.69, 9.17) is 16.3 Å². The van der Waals surface area contributed by atoms with Crippen LogP contribution in [0, 0.1) is 12.8 Å². The fourth-order valence-electron chi connectivity index (χ4n) is 2.97. The Labute approximate surface area is 165 Å². The minimum Gasteiger partial charge on any atom is -0.495 e. The molecule has 0 radical (unpaired) electrons. The van der Waals surface area contributed by atoms with Crippen LogP contribution >= 0.6 is 22.9 Å². The zero-order valence-electron chi connectivity index (χ0n) is 15.0. The zero-order chi connectivity index (χ0) is 19.7. The second kappa shape index (κ2) is 7.66. The van der Waals surface area contributed by atoms with E-state index in [1.807, 2.05) is 0 Å². The summed E-state index contributed by atoms with van der Waals surface area (Å²) < 4.78 is 5.30. The van der Waals surface area contributed by atoms with E-state index in [1.165, 1.54) is 18.9 Å². The lowest BCUT2D eigenvalue weighted by Crippen LogP contribution is -2.28. The van der Waals surface area contributed by atoms with Crippen LogP contribution in [0.25, 0.3) is 0 Å². The third-order valence-electron chi connectivity index (χ3n) is 4.27. The van der Waals surface area contributed by atoms with Crippen molar-refractivity contribution in [3.8, 4) is 5.75 Å². The summed E-state index contributed by atoms with van der Waals surface area (Å²) in [4.78, 5) is 42.8. The number of carbonyl (C=O) groups is 3. The van der Waals surface area contributed by atoms with Crippen molar-refractivity contribution in [3.05, 3.63) is 33.8 Å². The van der Waals surface area contributed by atoms with E-state index in [0.717, 1.165) is 11.3 Å². The smallest absolute Gasteiger partial charge is 0.231 e. The molecule has 0 saturated carbocycles. The number of aryl methyl sites for hydroxylation is 1. The number of hydrogen-bond acceptors (Lipinski definition) is 6. The molecule has 2 heterocycles. The van der Waals surface area contributed by atoms with Crippen molar-refractivity contribution in [2.24, 2.45) is 5.92 Å². The van der Waals surface area contributed by atoms with Crippen molar-refractivity contribution in [2.75, 3.05) is 23.9 Å². The van der Waals surface area contributed by atoms with Gasteiger partial charge in [-0.15, -0.1) is 0 Å². The molecule has 1 atom stereocenters. The molecular weight excluding hydrogens is 390 g/mol. The molecule has 1 aromatic heterocycles. The van der Waals surface area contributed by atoms with Gasteiger partial charge in [0.15, 0.2) is 10.9 Å². The highest BCUT2D eigenvalue weighted by atomic mass is 35.5. The molecule has 0 aliphatic carbocycles. The number of carbonyl (C=O) groups excluding carboxylic acids is 3. The first-order chi connectivity index (χ1) is 12.8. The van der Waals surface area contributed by atoms with Gasteiger partial charge in [-0.3, -0.25) is 14.4 Å². The highest BCUT2D eigenvalue weighted by Crippen LogP contribution is 2.35. The van der Waals surface area contributed by atoms with E-state index < -0.39 is 5.92 Å². The Morgan fingerprint density at radius 1 is 1.41 bits per heavy atom. The highest BCUT2D eigenvalue weighted by molar-refractivity contribution is 7.17. The van der Waals surface area contributed by atoms with E-state index in [1.54, 1.807) is 25.1 Å². The quantitative estimate of drug-likeness (QED) is 0.768. The molecule has 9 heteroatoms. The van der Waals surface area contributed by atoms with E-state index in [0.29, 0.717) is 32.2 Å². The number of aromatic nitrogens is 1. The number of anilines is 2. The average Bonchev–Trinajstić information content (AvgIpc) is 3.17. The number of rotatable bonds is 5. The summed E-state index contributed by atoms with van der Waals surface area (Å²) in [5, 5.41) is 3.54. The maximum atomic E-state index is 12.6. The lowest BCUT2D eigenvalue weighted by molar-refractivity contribution is -0.122. The monoisotopic (exact) mass is 407 g/mol. The number of thiazole rings is 1. The average molecular weight is 408 g/mol. The molecule has 7 nitrogen and oxygen atoms in total. The van der Waals surface area contributed by atoms with Crippen molar-refractivity contribution < 1.29 is 19.1 Å². The number of nitrogens with zero attached hydrogens (tertiary/aromatic N) is 2. The van der Waals surface area contributed by atoms with E-state index in [-0.39, 0.29) is 30.6 Å². The Kier molecular flexibility index (Phi) is 5.48. The molecule has 0 bridgehead atoms. The number of amides is 2. The SMILES string of the molecule is COc1ccc(Cl)cc1N1C[C@@H](C(=O)Nc2nc(C)c(C(C)=O)s2)CC1=O. The molecule has 1 aliphatic heterocycles. The summed E-state index contributed by atoms with van der Waals surface area (Å²) >= 11 is 7.17. The lowest BCUT2D eigenvalue weighted by atomic mass is 10.1. The fourth-order valence-corrected chi connectivity index (χ4v) is 4.01. The van der Waals surface area contributed by atoms with Crippen LogP contribution in [-0.2, 0) is 9.59 Å². The van der Waals surface area contributed by atoms with E-state index in [2.05, 4.69) is 10.3 Å². The Hall–Kier alpha value is -2.45. The van der Waals surface area contributed by atoms with Crippen molar-refractivity contribution in [1.29, 1.82) is 0 Å². The molecule has 1 aromatic carbocycles. The van der Waals surface area contributed by atoms with E-state index in [9.17, 15) is 14.4 Å². The molecule has 3 rings (SSSR count). The van der Waals surface area contributed by atoms with Gasteiger partial charge in [0.25, 0.3) is 0 Å². The molecule has 2 aromatic rings. The van der Waals surface area contributed by atoms with Crippen LogP contribution in [-0.4, -0.2) is 36.2 Å². The Morgan fingerprint density at radius 3 is 2.78 bits per heavy atom. The first-order valence-corrected chi connectivity index (χ1v) is 9.42. The first-order valence-electron chi connectivity index (χ1n) is 8.23. The van der Waals surface area contributed by atoms with Crippen molar-refractivity contribution in [1.82, 2.24) is 4.98 Å². The minimum absolute atomic E-state index is 0.0748. The number of methoxy groups -OCH3 is 1. The molecule has 1 fully saturated rings. The molecule has 1 N–H and O–H groups in total. The van der Waals surface area contributed by atoms with Crippen molar-refractivity contribution >= 4 is 51.4 Å². The largest absolute Gasteiger partial charge is 0.495 e. The molecule has 1 aliphatic rings. The second-order valence-corrected chi connectivity index (χ2v) is 7.64. The predicted molar refractivity (Wildman–Crippen MR) is 104 cm³/mol. The number of benzene rings is 1. The van der Waals surface area contributed by atoms with Crippen molar-refractivity contribution in [3.63, 3.8) is 0 Å². The number of ether oxygens (including phenoxy) is 1. The van der Waals surface area contributed by atoms with Gasteiger partial charge in [0.2, 0.25) is 11.8 Å². The lowest BCUT2D eigenvalue weighted by Gasteiger charge is -2.19. The topological polar surface area (TPSA) is 88.6 Å². The summed E-state index contributed by atoms with van der Waals surface area (Å²) in [6.45, 7) is 3.39. The van der Waals surface area contributed by atoms with Crippen LogP contribution in [0.4, 0.5) is 10.8 Å². The standard InChI is InChI=1S/C18H18ClN3O4S/c1-9-16(10(2)23)27-18(20-9)21-17(25)11-6-15(24)22(8-11)13-7-12(19)4-5-14(13)26-3/h4-5,7,11H,6,8H2,1-3H3,(H,20,21,25)/t11-/m0/s1. The van der Waals surface area contributed by atoms with Gasteiger partial charge in [-0.1, -0.05) is 22.9 Å². The van der Waals surface area contributed by atoms with Crippen LogP contribution in [0.1, 0.15) is 28.7 Å². The Bertz CT molecular complexity index is 927. The van der Waals surface area contributed by atoms with Crippen molar-refractivity contribution in [2.45, 2.75) is 20.3 Å². The number of hydrogen-bond donors (Lipinski definition) is 1. The van der Waals surface area contributed by atoms with E-state index >= 15 is 0 Å². The van der Waals surface area contributed by atoms with Gasteiger partial charge in [0.1, 0.15) is 5.75 Å². The Balaban J connectivity index is 1.75. The number of nitrogens with one attached hydrogen (secondary N) is 1.